The summed E-state index contributed by atoms with van der Waals surface area (Å²) in [6, 6.07) is 12.2. The molecule has 4 aromatic rings. The second kappa shape index (κ2) is 9.71. The third-order valence-electron chi connectivity index (χ3n) is 6.27. The molecule has 0 aliphatic heterocycles. The second-order valence-electron chi connectivity index (χ2n) is 9.06. The van der Waals surface area contributed by atoms with Gasteiger partial charge in [-0.15, -0.1) is 0 Å². The van der Waals surface area contributed by atoms with Crippen LogP contribution >= 0.6 is 15.9 Å². The molecule has 0 bridgehead atoms. The van der Waals surface area contributed by atoms with Crippen molar-refractivity contribution in [2.24, 2.45) is 5.10 Å². The second-order valence-corrected chi connectivity index (χ2v) is 9.98. The van der Waals surface area contributed by atoms with Gasteiger partial charge in [-0.1, -0.05) is 47.0 Å². The summed E-state index contributed by atoms with van der Waals surface area (Å²) < 4.78 is 4.60. The molecule has 0 saturated heterocycles. The van der Waals surface area contributed by atoms with Crippen LogP contribution < -0.4 is 5.56 Å². The smallest absolute Gasteiger partial charge is 0.282 e. The Labute approximate surface area is 209 Å². The average Bonchev–Trinajstić information content (AvgIpc) is 3.05. The van der Waals surface area contributed by atoms with Gasteiger partial charge in [0.2, 0.25) is 0 Å². The highest BCUT2D eigenvalue weighted by molar-refractivity contribution is 9.10. The summed E-state index contributed by atoms with van der Waals surface area (Å²) >= 11 is 3.47. The van der Waals surface area contributed by atoms with E-state index >= 15 is 0 Å². The maximum atomic E-state index is 13.4. The molecule has 2 aromatic carbocycles. The van der Waals surface area contributed by atoms with E-state index in [0.717, 1.165) is 34.3 Å². The van der Waals surface area contributed by atoms with E-state index in [4.69, 9.17) is 4.98 Å². The molecule has 0 amide bonds. The Morgan fingerprint density at radius 1 is 1.03 bits per heavy atom. The molecular formula is C28H31BrN4O. The first kappa shape index (κ1) is 24.1. The van der Waals surface area contributed by atoms with E-state index < -0.39 is 0 Å². The van der Waals surface area contributed by atoms with Gasteiger partial charge in [0, 0.05) is 27.8 Å². The van der Waals surface area contributed by atoms with Crippen molar-refractivity contribution in [2.45, 2.75) is 60.8 Å². The van der Waals surface area contributed by atoms with Crippen LogP contribution in [0.2, 0.25) is 0 Å². The van der Waals surface area contributed by atoms with Crippen molar-refractivity contribution in [3.63, 3.8) is 0 Å². The molecule has 4 rings (SSSR count). The van der Waals surface area contributed by atoms with E-state index in [9.17, 15) is 4.79 Å². The Bertz CT molecular complexity index is 1450. The molecule has 0 aliphatic carbocycles. The van der Waals surface area contributed by atoms with Gasteiger partial charge < -0.3 is 4.57 Å². The number of rotatable bonds is 6. The van der Waals surface area contributed by atoms with Crippen LogP contribution in [0.5, 0.6) is 0 Å². The Balaban J connectivity index is 1.83. The molecule has 0 fully saturated rings. The standard InChI is InChI=1S/C28H31BrN4O/c1-7-8-9-26-31-25-11-10-23(29)15-24(25)28(34)33(26)30-16-22-14-20(5)32(21(22)6)27-18(3)12-17(2)13-19(27)4/h10-16H,7-9H2,1-6H3. The molecule has 2 aromatic heterocycles. The van der Waals surface area contributed by atoms with Crippen molar-refractivity contribution >= 4 is 33.0 Å². The summed E-state index contributed by atoms with van der Waals surface area (Å²) in [6.45, 7) is 12.8. The minimum Gasteiger partial charge on any atom is -0.317 e. The topological polar surface area (TPSA) is 52.2 Å². The van der Waals surface area contributed by atoms with E-state index in [2.05, 4.69) is 85.3 Å². The molecule has 0 spiro atoms. The quantitative estimate of drug-likeness (QED) is 0.266. The number of benzene rings is 2. The molecule has 0 saturated carbocycles. The molecule has 0 N–H and O–H groups in total. The fraction of sp³-hybridized carbons (Fsp3) is 0.321. The lowest BCUT2D eigenvalue weighted by Gasteiger charge is -2.16. The molecular weight excluding hydrogens is 488 g/mol. The number of aromatic nitrogens is 3. The largest absolute Gasteiger partial charge is 0.317 e. The Morgan fingerprint density at radius 3 is 2.41 bits per heavy atom. The molecule has 34 heavy (non-hydrogen) atoms. The molecule has 6 heteroatoms. The summed E-state index contributed by atoms with van der Waals surface area (Å²) in [6.07, 6.45) is 4.47. The maximum Gasteiger partial charge on any atom is 0.282 e. The average molecular weight is 519 g/mol. The van der Waals surface area contributed by atoms with Gasteiger partial charge in [-0.3, -0.25) is 4.79 Å². The molecule has 176 valence electrons. The first-order valence-corrected chi connectivity index (χ1v) is 12.5. The lowest BCUT2D eigenvalue weighted by molar-refractivity contribution is 0.675. The predicted molar refractivity (Wildman–Crippen MR) is 145 cm³/mol. The zero-order valence-corrected chi connectivity index (χ0v) is 22.3. The first-order valence-electron chi connectivity index (χ1n) is 11.7. The van der Waals surface area contributed by atoms with Crippen molar-refractivity contribution < 1.29 is 0 Å². The zero-order chi connectivity index (χ0) is 24.6. The molecule has 2 heterocycles. The third kappa shape index (κ3) is 4.51. The van der Waals surface area contributed by atoms with Crippen molar-refractivity contribution in [1.82, 2.24) is 14.2 Å². The Morgan fingerprint density at radius 2 is 1.74 bits per heavy atom. The Hall–Kier alpha value is -2.99. The van der Waals surface area contributed by atoms with Crippen LogP contribution in [0.15, 0.2) is 50.8 Å². The predicted octanol–water partition coefficient (Wildman–Crippen LogP) is 6.72. The number of hydrogen-bond acceptors (Lipinski definition) is 3. The van der Waals surface area contributed by atoms with Gasteiger partial charge in [0.1, 0.15) is 5.82 Å². The van der Waals surface area contributed by atoms with Gasteiger partial charge in [-0.05, 0) is 76.4 Å². The molecule has 0 unspecified atom stereocenters. The normalized spacial score (nSPS) is 11.7. The minimum atomic E-state index is -0.146. The fourth-order valence-electron chi connectivity index (χ4n) is 4.72. The van der Waals surface area contributed by atoms with Gasteiger partial charge in [-0.25, -0.2) is 4.98 Å². The maximum absolute atomic E-state index is 13.4. The van der Waals surface area contributed by atoms with E-state index in [0.29, 0.717) is 23.1 Å². The van der Waals surface area contributed by atoms with Crippen molar-refractivity contribution in [1.29, 1.82) is 0 Å². The number of nitrogens with zero attached hydrogens (tertiary/aromatic N) is 4. The van der Waals surface area contributed by atoms with Crippen LogP contribution in [0.3, 0.4) is 0 Å². The zero-order valence-electron chi connectivity index (χ0n) is 20.7. The van der Waals surface area contributed by atoms with Crippen molar-refractivity contribution in [2.75, 3.05) is 0 Å². The van der Waals surface area contributed by atoms with Gasteiger partial charge in [0.25, 0.3) is 5.56 Å². The highest BCUT2D eigenvalue weighted by atomic mass is 79.9. The van der Waals surface area contributed by atoms with Crippen LogP contribution in [0.1, 0.15) is 59.2 Å². The molecule has 5 nitrogen and oxygen atoms in total. The van der Waals surface area contributed by atoms with Crippen LogP contribution in [0.25, 0.3) is 16.6 Å². The summed E-state index contributed by atoms with van der Waals surface area (Å²) in [7, 11) is 0. The van der Waals surface area contributed by atoms with Crippen LogP contribution in [0.4, 0.5) is 0 Å². The number of halogens is 1. The molecule has 0 aliphatic rings. The first-order chi connectivity index (χ1) is 16.2. The summed E-state index contributed by atoms with van der Waals surface area (Å²) in [5.41, 5.74) is 8.72. The number of fused-ring (bicyclic) bond motifs is 1. The van der Waals surface area contributed by atoms with Crippen LogP contribution in [-0.4, -0.2) is 20.4 Å². The fourth-order valence-corrected chi connectivity index (χ4v) is 5.08. The van der Waals surface area contributed by atoms with Gasteiger partial charge in [0.15, 0.2) is 0 Å². The van der Waals surface area contributed by atoms with E-state index in [1.165, 1.54) is 27.1 Å². The SMILES string of the molecule is CCCCc1nc2ccc(Br)cc2c(=O)n1N=Cc1cc(C)n(-c2c(C)cc(C)cc2C)c1C. The summed E-state index contributed by atoms with van der Waals surface area (Å²) in [4.78, 5) is 18.1. The van der Waals surface area contributed by atoms with Gasteiger partial charge in [-0.2, -0.15) is 9.78 Å². The lowest BCUT2D eigenvalue weighted by Crippen LogP contribution is -2.22. The highest BCUT2D eigenvalue weighted by Crippen LogP contribution is 2.26. The van der Waals surface area contributed by atoms with E-state index in [1.54, 1.807) is 6.21 Å². The van der Waals surface area contributed by atoms with E-state index in [1.807, 2.05) is 18.2 Å². The van der Waals surface area contributed by atoms with Crippen molar-refractivity contribution in [3.05, 3.63) is 90.7 Å². The molecule has 0 radical (unpaired) electrons. The highest BCUT2D eigenvalue weighted by Gasteiger charge is 2.15. The Kier molecular flexibility index (Phi) is 6.89. The summed E-state index contributed by atoms with van der Waals surface area (Å²) in [5, 5.41) is 5.22. The number of aryl methyl sites for hydroxylation is 5. The lowest BCUT2D eigenvalue weighted by atomic mass is 10.0. The van der Waals surface area contributed by atoms with Crippen LogP contribution in [0, 0.1) is 34.6 Å². The van der Waals surface area contributed by atoms with Crippen LogP contribution in [-0.2, 0) is 6.42 Å². The van der Waals surface area contributed by atoms with Crippen molar-refractivity contribution in [3.8, 4) is 5.69 Å². The van der Waals surface area contributed by atoms with E-state index in [-0.39, 0.29) is 5.56 Å². The van der Waals surface area contributed by atoms with Gasteiger partial charge >= 0.3 is 0 Å². The monoisotopic (exact) mass is 518 g/mol. The number of unbranched alkanes of at least 4 members (excludes halogenated alkanes) is 1. The number of hydrogen-bond donors (Lipinski definition) is 0. The molecule has 0 atom stereocenters. The third-order valence-corrected chi connectivity index (χ3v) is 6.76. The summed E-state index contributed by atoms with van der Waals surface area (Å²) in [5.74, 6) is 0.692. The van der Waals surface area contributed by atoms with Gasteiger partial charge in [0.05, 0.1) is 22.8 Å². The minimum absolute atomic E-state index is 0.146.